The van der Waals surface area contributed by atoms with Crippen molar-refractivity contribution in [1.29, 1.82) is 0 Å². The van der Waals surface area contributed by atoms with Crippen LogP contribution in [0.2, 0.25) is 0 Å². The Labute approximate surface area is 247 Å². The molecule has 2 N–H and O–H groups in total. The molecule has 8 rings (SSSR count). The maximum Gasteiger partial charge on any atom is 0.292 e. The van der Waals surface area contributed by atoms with Gasteiger partial charge in [0.2, 0.25) is 0 Å². The lowest BCUT2D eigenvalue weighted by Gasteiger charge is -2.06. The number of aromatic amines is 2. The van der Waals surface area contributed by atoms with E-state index in [2.05, 4.69) is 30.6 Å². The summed E-state index contributed by atoms with van der Waals surface area (Å²) in [6.45, 7) is 1.93. The highest BCUT2D eigenvalue weighted by Crippen LogP contribution is 2.38. The molecule has 0 aliphatic rings. The third-order valence-electron chi connectivity index (χ3n) is 7.53. The SMILES string of the molecule is Cc1c(-c2n[nH]c(=O)c3nn(-c4ccccc4)cc23)c(-c2n[nH]c(=O)c3nn(-c4ccccc4)cc23)nn1-c1ccccc1. The van der Waals surface area contributed by atoms with Crippen molar-refractivity contribution in [1.82, 2.24) is 49.7 Å². The van der Waals surface area contributed by atoms with Crippen molar-refractivity contribution in [2.75, 3.05) is 0 Å². The maximum atomic E-state index is 12.9. The van der Waals surface area contributed by atoms with Crippen LogP contribution >= 0.6 is 0 Å². The summed E-state index contributed by atoms with van der Waals surface area (Å²) >= 11 is 0. The van der Waals surface area contributed by atoms with Gasteiger partial charge in [-0.2, -0.15) is 25.5 Å². The van der Waals surface area contributed by atoms with Gasteiger partial charge < -0.3 is 0 Å². The van der Waals surface area contributed by atoms with Gasteiger partial charge in [-0.15, -0.1) is 0 Å². The van der Waals surface area contributed by atoms with Gasteiger partial charge in [0.25, 0.3) is 11.1 Å². The zero-order chi connectivity index (χ0) is 29.8. The van der Waals surface area contributed by atoms with Crippen LogP contribution in [0.4, 0.5) is 0 Å². The molecule has 0 unspecified atom stereocenters. The number of rotatable bonds is 5. The summed E-state index contributed by atoms with van der Waals surface area (Å²) in [5, 5.41) is 29.5. The molecular weight excluding hydrogens is 556 g/mol. The van der Waals surface area contributed by atoms with Crippen LogP contribution in [0.1, 0.15) is 5.69 Å². The Balaban J connectivity index is 1.43. The first-order chi connectivity index (χ1) is 21.6. The van der Waals surface area contributed by atoms with Crippen LogP contribution in [-0.2, 0) is 0 Å². The minimum atomic E-state index is -0.423. The van der Waals surface area contributed by atoms with E-state index in [1.54, 1.807) is 26.4 Å². The molecule has 0 spiro atoms. The van der Waals surface area contributed by atoms with Gasteiger partial charge in [-0.1, -0.05) is 54.6 Å². The molecule has 5 heterocycles. The molecule has 0 amide bonds. The van der Waals surface area contributed by atoms with E-state index in [0.29, 0.717) is 33.4 Å². The Kier molecular flexibility index (Phi) is 5.66. The van der Waals surface area contributed by atoms with Gasteiger partial charge in [0.1, 0.15) is 17.1 Å². The van der Waals surface area contributed by atoms with Crippen molar-refractivity contribution in [2.24, 2.45) is 0 Å². The average Bonchev–Trinajstić information content (AvgIpc) is 3.80. The molecule has 0 fully saturated rings. The zero-order valence-corrected chi connectivity index (χ0v) is 23.2. The van der Waals surface area contributed by atoms with Gasteiger partial charge >= 0.3 is 0 Å². The molecule has 0 aliphatic carbocycles. The number of hydrogen-bond donors (Lipinski definition) is 2. The summed E-state index contributed by atoms with van der Waals surface area (Å²) in [5.74, 6) is 0. The number of hydrogen-bond acceptors (Lipinski definition) is 7. The molecule has 0 atom stereocenters. The monoisotopic (exact) mass is 578 g/mol. The largest absolute Gasteiger partial charge is 0.292 e. The average molecular weight is 579 g/mol. The molecule has 12 heteroatoms. The van der Waals surface area contributed by atoms with Crippen LogP contribution in [0.3, 0.4) is 0 Å². The molecule has 212 valence electrons. The third-order valence-corrected chi connectivity index (χ3v) is 7.53. The Morgan fingerprint density at radius 3 is 1.52 bits per heavy atom. The first kappa shape index (κ1) is 25.3. The summed E-state index contributed by atoms with van der Waals surface area (Å²) in [5.41, 5.74) is 4.70. The number of aromatic nitrogens is 10. The Hall–Kier alpha value is -6.43. The molecule has 0 bridgehead atoms. The predicted molar refractivity (Wildman–Crippen MR) is 165 cm³/mol. The second-order valence-electron chi connectivity index (χ2n) is 10.2. The highest BCUT2D eigenvalue weighted by atomic mass is 16.1. The minimum absolute atomic E-state index is 0.216. The second kappa shape index (κ2) is 9.84. The number of H-pyrrole nitrogens is 2. The Morgan fingerprint density at radius 1 is 0.545 bits per heavy atom. The number of nitrogens with one attached hydrogen (secondary N) is 2. The number of para-hydroxylation sites is 3. The van der Waals surface area contributed by atoms with E-state index in [-0.39, 0.29) is 11.0 Å². The van der Waals surface area contributed by atoms with E-state index in [9.17, 15) is 9.59 Å². The molecule has 5 aromatic heterocycles. The van der Waals surface area contributed by atoms with Crippen LogP contribution in [0, 0.1) is 6.92 Å². The first-order valence-electron chi connectivity index (χ1n) is 13.8. The van der Waals surface area contributed by atoms with Crippen molar-refractivity contribution in [3.8, 4) is 39.7 Å². The quantitative estimate of drug-likeness (QED) is 0.309. The zero-order valence-electron chi connectivity index (χ0n) is 23.2. The predicted octanol–water partition coefficient (Wildman–Crippen LogP) is 4.36. The molecule has 44 heavy (non-hydrogen) atoms. The summed E-state index contributed by atoms with van der Waals surface area (Å²) in [7, 11) is 0. The molecule has 3 aromatic carbocycles. The molecule has 0 saturated heterocycles. The lowest BCUT2D eigenvalue weighted by molar-refractivity contribution is 0.847. The van der Waals surface area contributed by atoms with Crippen LogP contribution in [0.25, 0.3) is 61.5 Å². The molecular formula is C32H22N10O2. The van der Waals surface area contributed by atoms with Gasteiger partial charge in [-0.05, 0) is 43.3 Å². The van der Waals surface area contributed by atoms with E-state index in [1.807, 2.05) is 97.9 Å². The maximum absolute atomic E-state index is 12.9. The Morgan fingerprint density at radius 2 is 1.00 bits per heavy atom. The lowest BCUT2D eigenvalue weighted by Crippen LogP contribution is -2.11. The topological polar surface area (TPSA) is 145 Å². The van der Waals surface area contributed by atoms with E-state index < -0.39 is 11.1 Å². The summed E-state index contributed by atoms with van der Waals surface area (Å²) < 4.78 is 5.10. The summed E-state index contributed by atoms with van der Waals surface area (Å²) in [4.78, 5) is 25.9. The van der Waals surface area contributed by atoms with E-state index >= 15 is 0 Å². The van der Waals surface area contributed by atoms with Crippen molar-refractivity contribution in [3.63, 3.8) is 0 Å². The van der Waals surface area contributed by atoms with Crippen molar-refractivity contribution < 1.29 is 0 Å². The Bertz CT molecular complexity index is 2440. The highest BCUT2D eigenvalue weighted by molar-refractivity contribution is 6.00. The molecule has 8 aromatic rings. The number of fused-ring (bicyclic) bond motifs is 2. The van der Waals surface area contributed by atoms with Gasteiger partial charge in [-0.3, -0.25) is 9.59 Å². The molecule has 0 saturated carbocycles. The standard InChI is InChI=1S/C32H22N10O2/c1-19-25(26-23-17-40(20-11-5-2-6-12-20)37-28(23)31(43)35-33-26)30(39-42(19)22-15-9-4-10-16-22)27-24-18-41(21-13-7-3-8-14-21)38-29(24)32(44)36-34-27/h2-18H,1H3,(H,35,43)(H,36,44). The number of benzene rings is 3. The van der Waals surface area contributed by atoms with E-state index in [4.69, 9.17) is 5.10 Å². The first-order valence-corrected chi connectivity index (χ1v) is 13.8. The van der Waals surface area contributed by atoms with Gasteiger partial charge in [0.15, 0.2) is 11.0 Å². The van der Waals surface area contributed by atoms with Gasteiger partial charge in [0, 0.05) is 12.4 Å². The van der Waals surface area contributed by atoms with Crippen LogP contribution in [0.5, 0.6) is 0 Å². The normalized spacial score (nSPS) is 11.5. The fourth-order valence-corrected chi connectivity index (χ4v) is 5.44. The van der Waals surface area contributed by atoms with Gasteiger partial charge in [-0.25, -0.2) is 24.2 Å². The van der Waals surface area contributed by atoms with Gasteiger partial charge in [0.05, 0.1) is 39.1 Å². The van der Waals surface area contributed by atoms with Crippen LogP contribution in [0.15, 0.2) is 113 Å². The second-order valence-corrected chi connectivity index (χ2v) is 10.2. The summed E-state index contributed by atoms with van der Waals surface area (Å²) in [6.07, 6.45) is 3.56. The van der Waals surface area contributed by atoms with Crippen molar-refractivity contribution in [3.05, 3.63) is 130 Å². The molecule has 0 aliphatic heterocycles. The fourth-order valence-electron chi connectivity index (χ4n) is 5.44. The summed E-state index contributed by atoms with van der Waals surface area (Å²) in [6, 6.07) is 28.7. The molecule has 12 nitrogen and oxygen atoms in total. The third kappa shape index (κ3) is 3.96. The van der Waals surface area contributed by atoms with Crippen LogP contribution in [-0.4, -0.2) is 49.7 Å². The fraction of sp³-hybridized carbons (Fsp3) is 0.0312. The van der Waals surface area contributed by atoms with Crippen molar-refractivity contribution >= 4 is 21.8 Å². The van der Waals surface area contributed by atoms with Crippen LogP contribution < -0.4 is 11.1 Å². The van der Waals surface area contributed by atoms with E-state index in [0.717, 1.165) is 22.8 Å². The highest BCUT2D eigenvalue weighted by Gasteiger charge is 2.27. The number of nitrogens with zero attached hydrogens (tertiary/aromatic N) is 8. The molecule has 0 radical (unpaired) electrons. The minimum Gasteiger partial charge on any atom is -0.265 e. The van der Waals surface area contributed by atoms with Crippen molar-refractivity contribution in [2.45, 2.75) is 6.92 Å². The lowest BCUT2D eigenvalue weighted by atomic mass is 10.0. The smallest absolute Gasteiger partial charge is 0.265 e. The van der Waals surface area contributed by atoms with E-state index in [1.165, 1.54) is 0 Å².